The maximum atomic E-state index is 4.60. The third kappa shape index (κ3) is 3.56. The molecule has 26 heavy (non-hydrogen) atoms. The molecule has 0 unspecified atom stereocenters. The number of nitrogens with one attached hydrogen (secondary N) is 1. The molecule has 0 fully saturated rings. The zero-order valence-corrected chi connectivity index (χ0v) is 14.2. The first-order valence-electron chi connectivity index (χ1n) is 8.21. The molecule has 0 saturated carbocycles. The second-order valence-electron chi connectivity index (χ2n) is 5.81. The van der Waals surface area contributed by atoms with E-state index in [1.165, 1.54) is 0 Å². The Labute approximate surface area is 150 Å². The van der Waals surface area contributed by atoms with Crippen molar-refractivity contribution in [3.05, 3.63) is 78.9 Å². The van der Waals surface area contributed by atoms with Crippen molar-refractivity contribution in [1.82, 2.24) is 29.5 Å². The topological polar surface area (TPSA) is 81.4 Å². The maximum absolute atomic E-state index is 4.60. The minimum Gasteiger partial charge on any atom is -0.366 e. The van der Waals surface area contributed by atoms with Crippen LogP contribution in [-0.4, -0.2) is 29.5 Å². The summed E-state index contributed by atoms with van der Waals surface area (Å²) in [6, 6.07) is 9.75. The van der Waals surface area contributed by atoms with Crippen LogP contribution >= 0.6 is 0 Å². The molecule has 7 heteroatoms. The Kier molecular flexibility index (Phi) is 4.34. The highest BCUT2D eigenvalue weighted by atomic mass is 15.1. The highest BCUT2D eigenvalue weighted by molar-refractivity contribution is 5.56. The molecule has 0 bridgehead atoms. The Hall–Kier alpha value is -3.61. The van der Waals surface area contributed by atoms with E-state index < -0.39 is 0 Å². The van der Waals surface area contributed by atoms with Crippen LogP contribution in [0, 0.1) is 6.92 Å². The third-order valence-electron chi connectivity index (χ3n) is 3.83. The lowest BCUT2D eigenvalue weighted by atomic mass is 10.2. The normalized spacial score (nSPS) is 10.7. The van der Waals surface area contributed by atoms with Gasteiger partial charge in [0, 0.05) is 54.9 Å². The van der Waals surface area contributed by atoms with Crippen molar-refractivity contribution in [2.75, 3.05) is 5.32 Å². The van der Waals surface area contributed by atoms with Crippen molar-refractivity contribution in [1.29, 1.82) is 0 Å². The van der Waals surface area contributed by atoms with Crippen LogP contribution in [0.25, 0.3) is 17.2 Å². The number of imidazole rings is 1. The first-order valence-corrected chi connectivity index (χ1v) is 8.21. The van der Waals surface area contributed by atoms with Gasteiger partial charge in [0.1, 0.15) is 18.0 Å². The minimum absolute atomic E-state index is 0.632. The molecule has 0 radical (unpaired) electrons. The van der Waals surface area contributed by atoms with Crippen LogP contribution in [-0.2, 0) is 6.54 Å². The summed E-state index contributed by atoms with van der Waals surface area (Å²) in [4.78, 5) is 21.6. The molecule has 0 saturated heterocycles. The molecular formula is C19H17N7. The Morgan fingerprint density at radius 1 is 1.04 bits per heavy atom. The molecule has 7 nitrogen and oxygen atoms in total. The molecule has 0 aliphatic heterocycles. The number of nitrogens with zero attached hydrogens (tertiary/aromatic N) is 6. The van der Waals surface area contributed by atoms with Gasteiger partial charge in [0.15, 0.2) is 5.82 Å². The monoisotopic (exact) mass is 343 g/mol. The Morgan fingerprint density at radius 3 is 2.81 bits per heavy atom. The molecule has 0 spiro atoms. The van der Waals surface area contributed by atoms with Crippen molar-refractivity contribution in [3.63, 3.8) is 0 Å². The standard InChI is InChI=1S/C19H17N7/c1-14-9-17(25-19(24-14)16-3-2-5-20-12-16)23-11-15-4-6-22-18(10-15)26-8-7-21-13-26/h2-10,12-13H,11H2,1H3,(H,23,24,25). The molecule has 0 aromatic carbocycles. The van der Waals surface area contributed by atoms with Gasteiger partial charge in [-0.15, -0.1) is 0 Å². The summed E-state index contributed by atoms with van der Waals surface area (Å²) in [5.41, 5.74) is 2.89. The third-order valence-corrected chi connectivity index (χ3v) is 3.83. The van der Waals surface area contributed by atoms with E-state index in [0.29, 0.717) is 12.4 Å². The van der Waals surface area contributed by atoms with E-state index in [9.17, 15) is 0 Å². The number of aryl methyl sites for hydroxylation is 1. The fraction of sp³-hybridized carbons (Fsp3) is 0.105. The van der Waals surface area contributed by atoms with Crippen LogP contribution < -0.4 is 5.32 Å². The van der Waals surface area contributed by atoms with E-state index >= 15 is 0 Å². The molecule has 128 valence electrons. The molecule has 0 aliphatic rings. The lowest BCUT2D eigenvalue weighted by Crippen LogP contribution is -2.05. The molecule has 4 aromatic heterocycles. The molecule has 1 N–H and O–H groups in total. The van der Waals surface area contributed by atoms with Crippen molar-refractivity contribution >= 4 is 5.82 Å². The number of hydrogen-bond donors (Lipinski definition) is 1. The van der Waals surface area contributed by atoms with Crippen LogP contribution in [0.3, 0.4) is 0 Å². The smallest absolute Gasteiger partial charge is 0.163 e. The van der Waals surface area contributed by atoms with Gasteiger partial charge >= 0.3 is 0 Å². The van der Waals surface area contributed by atoms with Crippen molar-refractivity contribution in [3.8, 4) is 17.2 Å². The molecular weight excluding hydrogens is 326 g/mol. The first-order chi connectivity index (χ1) is 12.8. The summed E-state index contributed by atoms with van der Waals surface area (Å²) in [5.74, 6) is 2.27. The highest BCUT2D eigenvalue weighted by Crippen LogP contribution is 2.17. The van der Waals surface area contributed by atoms with Crippen molar-refractivity contribution < 1.29 is 0 Å². The average molecular weight is 343 g/mol. The predicted molar refractivity (Wildman–Crippen MR) is 98.7 cm³/mol. The lowest BCUT2D eigenvalue weighted by Gasteiger charge is -2.10. The lowest BCUT2D eigenvalue weighted by molar-refractivity contribution is 0.975. The number of aromatic nitrogens is 6. The molecule has 0 aliphatic carbocycles. The summed E-state index contributed by atoms with van der Waals surface area (Å²) in [6.07, 6.45) is 10.6. The average Bonchev–Trinajstić information content (AvgIpc) is 3.22. The van der Waals surface area contributed by atoms with Gasteiger partial charge in [-0.1, -0.05) is 0 Å². The maximum Gasteiger partial charge on any atom is 0.163 e. The largest absolute Gasteiger partial charge is 0.366 e. The van der Waals surface area contributed by atoms with E-state index in [-0.39, 0.29) is 0 Å². The van der Waals surface area contributed by atoms with Gasteiger partial charge in [-0.3, -0.25) is 9.55 Å². The van der Waals surface area contributed by atoms with E-state index in [1.807, 2.05) is 48.0 Å². The van der Waals surface area contributed by atoms with Crippen LogP contribution in [0.5, 0.6) is 0 Å². The number of hydrogen-bond acceptors (Lipinski definition) is 6. The summed E-state index contributed by atoms with van der Waals surface area (Å²) < 4.78 is 1.87. The second-order valence-corrected chi connectivity index (χ2v) is 5.81. The van der Waals surface area contributed by atoms with Gasteiger partial charge in [-0.05, 0) is 36.8 Å². The zero-order chi connectivity index (χ0) is 17.8. The Morgan fingerprint density at radius 2 is 2.00 bits per heavy atom. The van der Waals surface area contributed by atoms with Crippen molar-refractivity contribution in [2.24, 2.45) is 0 Å². The number of pyridine rings is 2. The van der Waals surface area contributed by atoms with Crippen LogP contribution in [0.15, 0.2) is 67.6 Å². The summed E-state index contributed by atoms with van der Waals surface area (Å²) >= 11 is 0. The quantitative estimate of drug-likeness (QED) is 0.600. The van der Waals surface area contributed by atoms with Gasteiger partial charge in [0.05, 0.1) is 0 Å². The summed E-state index contributed by atoms with van der Waals surface area (Å²) in [7, 11) is 0. The van der Waals surface area contributed by atoms with E-state index in [0.717, 1.165) is 28.5 Å². The molecule has 0 amide bonds. The Bertz CT molecular complexity index is 998. The Balaban J connectivity index is 1.53. The summed E-state index contributed by atoms with van der Waals surface area (Å²) in [6.45, 7) is 2.59. The van der Waals surface area contributed by atoms with Gasteiger partial charge in [0.2, 0.25) is 0 Å². The van der Waals surface area contributed by atoms with Gasteiger partial charge in [0.25, 0.3) is 0 Å². The zero-order valence-electron chi connectivity index (χ0n) is 14.2. The van der Waals surface area contributed by atoms with Gasteiger partial charge in [-0.2, -0.15) is 0 Å². The highest BCUT2D eigenvalue weighted by Gasteiger charge is 2.06. The molecule has 4 aromatic rings. The van der Waals surface area contributed by atoms with Crippen LogP contribution in [0.1, 0.15) is 11.3 Å². The predicted octanol–water partition coefficient (Wildman–Crippen LogP) is 3.04. The van der Waals surface area contributed by atoms with Crippen LogP contribution in [0.2, 0.25) is 0 Å². The van der Waals surface area contributed by atoms with Crippen molar-refractivity contribution in [2.45, 2.75) is 13.5 Å². The minimum atomic E-state index is 0.632. The molecule has 4 rings (SSSR count). The fourth-order valence-electron chi connectivity index (χ4n) is 2.58. The number of anilines is 1. The molecule has 0 atom stereocenters. The van der Waals surface area contributed by atoms with Crippen LogP contribution in [0.4, 0.5) is 5.82 Å². The van der Waals surface area contributed by atoms with Gasteiger partial charge in [-0.25, -0.2) is 19.9 Å². The SMILES string of the molecule is Cc1cc(NCc2ccnc(-n3ccnc3)c2)nc(-c2cccnc2)n1. The first kappa shape index (κ1) is 15.9. The number of rotatable bonds is 5. The van der Waals surface area contributed by atoms with E-state index in [4.69, 9.17) is 0 Å². The fourth-order valence-corrected chi connectivity index (χ4v) is 2.58. The van der Waals surface area contributed by atoms with E-state index in [2.05, 4.69) is 30.2 Å². The van der Waals surface area contributed by atoms with E-state index in [1.54, 1.807) is 31.1 Å². The molecule has 4 heterocycles. The van der Waals surface area contributed by atoms with Gasteiger partial charge < -0.3 is 5.32 Å². The second kappa shape index (κ2) is 7.10. The summed E-state index contributed by atoms with van der Waals surface area (Å²) in [5, 5.41) is 3.36.